The average molecular weight is 371 g/mol. The number of hydrogen-bond acceptors (Lipinski definition) is 3. The molecule has 0 aliphatic carbocycles. The van der Waals surface area contributed by atoms with E-state index in [1.165, 1.54) is 5.56 Å². The number of benzene rings is 1. The molecule has 0 spiro atoms. The third-order valence-corrected chi connectivity index (χ3v) is 4.83. The molecule has 1 aromatic rings. The van der Waals surface area contributed by atoms with Crippen molar-refractivity contribution >= 4 is 17.7 Å². The summed E-state index contributed by atoms with van der Waals surface area (Å²) in [5, 5.41) is 0.773. The van der Waals surface area contributed by atoms with Crippen LogP contribution in [0.4, 0.5) is 4.79 Å². The number of nitrogens with zero attached hydrogens (tertiary/aromatic N) is 1. The van der Waals surface area contributed by atoms with Gasteiger partial charge in [0, 0.05) is 30.1 Å². The molecule has 1 heterocycles. The maximum atomic E-state index is 11.8. The molecular weight excluding hydrogens is 336 g/mol. The normalized spacial score (nSPS) is 15.3. The summed E-state index contributed by atoms with van der Waals surface area (Å²) in [6.07, 6.45) is 1.47. The SMILES string of the molecule is CC.CC.CCOC(=O)N1CCC(CN)(c2ccc(Cl)c(C)c2)CC1. The van der Waals surface area contributed by atoms with Crippen molar-refractivity contribution in [2.75, 3.05) is 26.2 Å². The van der Waals surface area contributed by atoms with E-state index in [1.807, 2.05) is 47.6 Å². The average Bonchev–Trinajstić information content (AvgIpc) is 2.67. The van der Waals surface area contributed by atoms with Crippen molar-refractivity contribution in [3.63, 3.8) is 0 Å². The number of rotatable bonds is 3. The van der Waals surface area contributed by atoms with Gasteiger partial charge in [-0.15, -0.1) is 0 Å². The molecule has 0 radical (unpaired) electrons. The number of nitrogens with two attached hydrogens (primary N) is 1. The van der Waals surface area contributed by atoms with Crippen LogP contribution in [0, 0.1) is 6.92 Å². The molecular formula is C20H35ClN2O2. The van der Waals surface area contributed by atoms with Gasteiger partial charge < -0.3 is 15.4 Å². The number of piperidine rings is 1. The third-order valence-electron chi connectivity index (χ3n) is 4.41. The number of likely N-dealkylation sites (tertiary alicyclic amines) is 1. The lowest BCUT2D eigenvalue weighted by Crippen LogP contribution is -2.48. The smallest absolute Gasteiger partial charge is 0.409 e. The van der Waals surface area contributed by atoms with Gasteiger partial charge in [0.25, 0.3) is 0 Å². The molecule has 1 aromatic carbocycles. The van der Waals surface area contributed by atoms with E-state index in [-0.39, 0.29) is 11.5 Å². The molecule has 0 saturated carbocycles. The minimum Gasteiger partial charge on any atom is -0.450 e. The summed E-state index contributed by atoms with van der Waals surface area (Å²) in [7, 11) is 0. The Morgan fingerprint density at radius 3 is 2.24 bits per heavy atom. The molecule has 1 fully saturated rings. The van der Waals surface area contributed by atoms with E-state index >= 15 is 0 Å². The second kappa shape index (κ2) is 12.2. The van der Waals surface area contributed by atoms with Crippen LogP contribution in [0.1, 0.15) is 58.6 Å². The van der Waals surface area contributed by atoms with Gasteiger partial charge in [0.15, 0.2) is 0 Å². The highest BCUT2D eigenvalue weighted by Gasteiger charge is 2.36. The van der Waals surface area contributed by atoms with E-state index < -0.39 is 0 Å². The molecule has 144 valence electrons. The van der Waals surface area contributed by atoms with E-state index in [0.29, 0.717) is 26.2 Å². The summed E-state index contributed by atoms with van der Waals surface area (Å²) in [6.45, 7) is 14.2. The van der Waals surface area contributed by atoms with Crippen LogP contribution in [-0.2, 0) is 10.2 Å². The molecule has 0 bridgehead atoms. The molecule has 5 heteroatoms. The monoisotopic (exact) mass is 370 g/mol. The third kappa shape index (κ3) is 6.19. The zero-order valence-electron chi connectivity index (χ0n) is 16.7. The second-order valence-corrected chi connectivity index (χ2v) is 6.04. The first-order chi connectivity index (χ1) is 12.0. The van der Waals surface area contributed by atoms with Gasteiger partial charge in [-0.1, -0.05) is 51.4 Å². The fraction of sp³-hybridized carbons (Fsp3) is 0.650. The molecule has 1 aliphatic heterocycles. The van der Waals surface area contributed by atoms with Crippen LogP contribution in [0.2, 0.25) is 5.02 Å². The van der Waals surface area contributed by atoms with Gasteiger partial charge >= 0.3 is 6.09 Å². The summed E-state index contributed by atoms with van der Waals surface area (Å²) in [5.41, 5.74) is 8.28. The van der Waals surface area contributed by atoms with E-state index in [4.69, 9.17) is 22.1 Å². The van der Waals surface area contributed by atoms with Crippen LogP contribution in [0.3, 0.4) is 0 Å². The number of halogens is 1. The standard InChI is InChI=1S/C16H23ClN2O2.2C2H6/c1-3-21-15(20)19-8-6-16(11-18,7-9-19)13-4-5-14(17)12(2)10-13;2*1-2/h4-5,10H,3,6-9,11,18H2,1-2H3;2*1-2H3. The minimum absolute atomic E-state index is 0.0711. The van der Waals surface area contributed by atoms with Gasteiger partial charge in [0.1, 0.15) is 0 Å². The van der Waals surface area contributed by atoms with Crippen molar-refractivity contribution in [2.45, 2.75) is 59.8 Å². The van der Waals surface area contributed by atoms with Gasteiger partial charge in [0.2, 0.25) is 0 Å². The fourth-order valence-corrected chi connectivity index (χ4v) is 3.03. The molecule has 1 saturated heterocycles. The number of hydrogen-bond donors (Lipinski definition) is 1. The van der Waals surface area contributed by atoms with Gasteiger partial charge in [-0.25, -0.2) is 4.79 Å². The van der Waals surface area contributed by atoms with E-state index in [2.05, 4.69) is 12.1 Å². The van der Waals surface area contributed by atoms with Gasteiger partial charge in [0.05, 0.1) is 6.61 Å². The molecule has 2 N–H and O–H groups in total. The summed E-state index contributed by atoms with van der Waals surface area (Å²) < 4.78 is 5.06. The zero-order valence-corrected chi connectivity index (χ0v) is 17.4. The van der Waals surface area contributed by atoms with Crippen LogP contribution in [0.5, 0.6) is 0 Å². The number of amides is 1. The fourth-order valence-electron chi connectivity index (χ4n) is 2.92. The Bertz CT molecular complexity index is 512. The Morgan fingerprint density at radius 2 is 1.80 bits per heavy atom. The topological polar surface area (TPSA) is 55.6 Å². The van der Waals surface area contributed by atoms with Gasteiger partial charge in [-0.3, -0.25) is 0 Å². The Hall–Kier alpha value is -1.26. The first-order valence-corrected chi connectivity index (χ1v) is 9.78. The first-order valence-electron chi connectivity index (χ1n) is 9.41. The minimum atomic E-state index is -0.226. The summed E-state index contributed by atoms with van der Waals surface area (Å²) in [5.74, 6) is 0. The van der Waals surface area contributed by atoms with Crippen LogP contribution in [0.15, 0.2) is 18.2 Å². The van der Waals surface area contributed by atoms with Crippen molar-refractivity contribution in [3.05, 3.63) is 34.3 Å². The molecule has 0 atom stereocenters. The van der Waals surface area contributed by atoms with E-state index in [9.17, 15) is 4.79 Å². The van der Waals surface area contributed by atoms with Crippen molar-refractivity contribution < 1.29 is 9.53 Å². The first kappa shape index (κ1) is 23.7. The zero-order chi connectivity index (χ0) is 19.5. The van der Waals surface area contributed by atoms with Crippen LogP contribution >= 0.6 is 11.6 Å². The lowest BCUT2D eigenvalue weighted by Gasteiger charge is -2.41. The quantitative estimate of drug-likeness (QED) is 0.800. The van der Waals surface area contributed by atoms with Gasteiger partial charge in [-0.2, -0.15) is 0 Å². The molecule has 0 unspecified atom stereocenters. The Labute approximate surface area is 158 Å². The summed E-state index contributed by atoms with van der Waals surface area (Å²) in [6, 6.07) is 6.11. The Kier molecular flexibility index (Phi) is 11.5. The molecule has 4 nitrogen and oxygen atoms in total. The van der Waals surface area contributed by atoms with E-state index in [1.54, 1.807) is 4.90 Å². The number of carbonyl (C=O) groups excluding carboxylic acids is 1. The molecule has 1 amide bonds. The maximum absolute atomic E-state index is 11.8. The predicted octanol–water partition coefficient (Wildman–Crippen LogP) is 5.15. The maximum Gasteiger partial charge on any atom is 0.409 e. The summed E-state index contributed by atoms with van der Waals surface area (Å²) >= 11 is 6.11. The highest BCUT2D eigenvalue weighted by atomic mass is 35.5. The van der Waals surface area contributed by atoms with Crippen molar-refractivity contribution in [1.82, 2.24) is 4.90 Å². The predicted molar refractivity (Wildman–Crippen MR) is 107 cm³/mol. The highest BCUT2D eigenvalue weighted by molar-refractivity contribution is 6.31. The number of carbonyl (C=O) groups is 1. The lowest BCUT2D eigenvalue weighted by atomic mass is 9.72. The molecule has 25 heavy (non-hydrogen) atoms. The molecule has 0 aromatic heterocycles. The van der Waals surface area contributed by atoms with Crippen LogP contribution in [0.25, 0.3) is 0 Å². The molecule has 2 rings (SSSR count). The number of ether oxygens (including phenoxy) is 1. The second-order valence-electron chi connectivity index (χ2n) is 5.63. The van der Waals surface area contributed by atoms with Crippen LogP contribution < -0.4 is 5.73 Å². The summed E-state index contributed by atoms with van der Waals surface area (Å²) in [4.78, 5) is 13.6. The Balaban J connectivity index is 0.00000134. The van der Waals surface area contributed by atoms with Gasteiger partial charge in [-0.05, 0) is 43.9 Å². The highest BCUT2D eigenvalue weighted by Crippen LogP contribution is 2.36. The number of aryl methyl sites for hydroxylation is 1. The Morgan fingerprint density at radius 1 is 1.24 bits per heavy atom. The van der Waals surface area contributed by atoms with Crippen molar-refractivity contribution in [2.24, 2.45) is 5.73 Å². The lowest BCUT2D eigenvalue weighted by molar-refractivity contribution is 0.0871. The van der Waals surface area contributed by atoms with E-state index in [0.717, 1.165) is 23.4 Å². The van der Waals surface area contributed by atoms with Crippen molar-refractivity contribution in [1.29, 1.82) is 0 Å². The molecule has 1 aliphatic rings. The van der Waals surface area contributed by atoms with Crippen LogP contribution in [-0.4, -0.2) is 37.2 Å². The van der Waals surface area contributed by atoms with Crippen molar-refractivity contribution in [3.8, 4) is 0 Å². The largest absolute Gasteiger partial charge is 0.450 e.